The van der Waals surface area contributed by atoms with E-state index in [1.807, 2.05) is 54.6 Å². The number of benzene rings is 3. The molecule has 4 aromatic rings. The summed E-state index contributed by atoms with van der Waals surface area (Å²) in [5.41, 5.74) is 4.99. The van der Waals surface area contributed by atoms with Crippen LogP contribution in [0.2, 0.25) is 5.02 Å². The number of amides is 3. The lowest BCUT2D eigenvalue weighted by Gasteiger charge is -2.34. The second-order valence-electron chi connectivity index (χ2n) is 15.7. The van der Waals surface area contributed by atoms with Gasteiger partial charge in [0.2, 0.25) is 17.8 Å². The van der Waals surface area contributed by atoms with E-state index < -0.39 is 19.1 Å². The summed E-state index contributed by atoms with van der Waals surface area (Å²) in [5, 5.41) is 17.2. The Morgan fingerprint density at radius 2 is 1.66 bits per heavy atom. The molecule has 16 heteroatoms. The molecule has 1 aromatic heterocycles. The van der Waals surface area contributed by atoms with Gasteiger partial charge in [-0.15, -0.1) is 0 Å². The number of rotatable bonds is 17. The van der Waals surface area contributed by atoms with Crippen LogP contribution in [0.4, 0.5) is 34.5 Å². The number of fused-ring (bicyclic) bond motifs is 1. The van der Waals surface area contributed by atoms with E-state index in [9.17, 15) is 18.9 Å². The molecule has 3 amide bonds. The third-order valence-electron chi connectivity index (χ3n) is 11.2. The van der Waals surface area contributed by atoms with Crippen molar-refractivity contribution in [3.8, 4) is 5.75 Å². The fourth-order valence-electron chi connectivity index (χ4n) is 8.02. The zero-order valence-electron chi connectivity index (χ0n) is 33.9. The summed E-state index contributed by atoms with van der Waals surface area (Å²) < 4.78 is 18.7. The minimum Gasteiger partial charge on any atom is -0.494 e. The summed E-state index contributed by atoms with van der Waals surface area (Å²) in [4.78, 5) is 50.1. The van der Waals surface area contributed by atoms with Gasteiger partial charge in [-0.05, 0) is 88.4 Å². The van der Waals surface area contributed by atoms with Crippen molar-refractivity contribution in [2.24, 2.45) is 0 Å². The highest BCUT2D eigenvalue weighted by Gasteiger charge is 2.39. The van der Waals surface area contributed by atoms with Crippen LogP contribution in [0.3, 0.4) is 0 Å². The first-order valence-electron chi connectivity index (χ1n) is 20.4. The van der Waals surface area contributed by atoms with E-state index >= 15 is 0 Å². The predicted octanol–water partition coefficient (Wildman–Crippen LogP) is 6.87. The molecule has 0 saturated carbocycles. The number of para-hydroxylation sites is 1. The van der Waals surface area contributed by atoms with Crippen LogP contribution in [0.25, 0.3) is 0 Å². The molecule has 3 aliphatic rings. The number of nitrogens with zero attached hydrogens (tertiary/aromatic N) is 4. The van der Waals surface area contributed by atoms with Crippen molar-refractivity contribution >= 4 is 76.3 Å². The van der Waals surface area contributed by atoms with Crippen LogP contribution in [0.5, 0.6) is 5.75 Å². The quantitative estimate of drug-likeness (QED) is 0.0426. The fourth-order valence-corrected chi connectivity index (χ4v) is 9.31. The molecule has 5 N–H and O–H groups in total. The van der Waals surface area contributed by atoms with Crippen molar-refractivity contribution in [3.63, 3.8) is 0 Å². The molecule has 1 unspecified atom stereocenters. The first-order chi connectivity index (χ1) is 28.5. The molecule has 312 valence electrons. The fraction of sp³-hybridized carbons (Fsp3) is 0.419. The number of nitrogens with one attached hydrogen (secondary N) is 5. The van der Waals surface area contributed by atoms with Crippen molar-refractivity contribution in [3.05, 3.63) is 83.0 Å². The zero-order chi connectivity index (χ0) is 41.5. The molecular formula is C43H53ClN9O5P. The van der Waals surface area contributed by atoms with Crippen LogP contribution >= 0.6 is 18.7 Å². The second-order valence-corrected chi connectivity index (χ2v) is 19.3. The summed E-state index contributed by atoms with van der Waals surface area (Å²) in [5.74, 6) is 0.593. The van der Waals surface area contributed by atoms with Crippen LogP contribution in [0.15, 0.2) is 66.9 Å². The molecule has 0 aliphatic carbocycles. The minimum absolute atomic E-state index is 0.152. The molecule has 0 bridgehead atoms. The Morgan fingerprint density at radius 1 is 0.898 bits per heavy atom. The summed E-state index contributed by atoms with van der Waals surface area (Å²) in [6, 6.07) is 19.1. The van der Waals surface area contributed by atoms with Crippen LogP contribution in [-0.4, -0.2) is 91.3 Å². The normalized spacial score (nSPS) is 17.2. The maximum atomic E-state index is 13.1. The molecule has 1 atom stereocenters. The molecule has 0 radical (unpaired) electrons. The van der Waals surface area contributed by atoms with Crippen molar-refractivity contribution < 1.29 is 23.7 Å². The maximum absolute atomic E-state index is 13.1. The number of carbonyl (C=O) groups excluding carboxylic acids is 3. The Morgan fingerprint density at radius 3 is 2.42 bits per heavy atom. The van der Waals surface area contributed by atoms with E-state index in [1.165, 1.54) is 6.20 Å². The third-order valence-corrected chi connectivity index (χ3v) is 13.0. The van der Waals surface area contributed by atoms with E-state index in [0.29, 0.717) is 52.8 Å². The molecule has 7 rings (SSSR count). The Labute approximate surface area is 350 Å². The van der Waals surface area contributed by atoms with E-state index in [0.717, 1.165) is 92.6 Å². The summed E-state index contributed by atoms with van der Waals surface area (Å²) in [7, 11) is -0.895. The summed E-state index contributed by atoms with van der Waals surface area (Å²) in [6.07, 6.45) is 8.62. The highest BCUT2D eigenvalue weighted by molar-refractivity contribution is 7.70. The van der Waals surface area contributed by atoms with Crippen LogP contribution < -0.4 is 41.5 Å². The van der Waals surface area contributed by atoms with Gasteiger partial charge in [-0.2, -0.15) is 4.98 Å². The number of piperidine rings is 2. The Bertz CT molecular complexity index is 2230. The monoisotopic (exact) mass is 841 g/mol. The second kappa shape index (κ2) is 18.8. The van der Waals surface area contributed by atoms with Gasteiger partial charge in [0.15, 0.2) is 5.82 Å². The van der Waals surface area contributed by atoms with E-state index in [-0.39, 0.29) is 18.2 Å². The van der Waals surface area contributed by atoms with Crippen molar-refractivity contribution in [1.29, 1.82) is 0 Å². The summed E-state index contributed by atoms with van der Waals surface area (Å²) >= 11 is 6.47. The number of carbonyl (C=O) groups is 3. The smallest absolute Gasteiger partial charge is 0.255 e. The van der Waals surface area contributed by atoms with Gasteiger partial charge in [0.25, 0.3) is 5.91 Å². The highest BCUT2D eigenvalue weighted by Crippen LogP contribution is 2.39. The molecule has 2 saturated heterocycles. The minimum atomic E-state index is -2.54. The topological polar surface area (TPSA) is 170 Å². The molecule has 2 fully saturated rings. The molecule has 59 heavy (non-hydrogen) atoms. The number of methoxy groups -OCH3 is 1. The SMILES string of the molecule is COc1cc(N2CCC(NCCCCCCNc3cccc4c3CN(C3CCC(=O)NC3=O)C4=O)CC2)ccc1Nc1ncc(Cl)c(Nc2ccccc2P(C)(C)=O)n1. The van der Waals surface area contributed by atoms with Crippen LogP contribution in [0.1, 0.15) is 67.3 Å². The van der Waals surface area contributed by atoms with Gasteiger partial charge in [-0.25, -0.2) is 4.98 Å². The van der Waals surface area contributed by atoms with Gasteiger partial charge in [0, 0.05) is 72.5 Å². The van der Waals surface area contributed by atoms with Crippen LogP contribution in [-0.2, 0) is 20.7 Å². The van der Waals surface area contributed by atoms with Gasteiger partial charge in [-0.1, -0.05) is 42.6 Å². The Hall–Kier alpha value is -5.17. The standard InChI is InChI=1S/C43H53ClN9O5P/c1-58-37-25-29(15-16-34(37)49-43-47-26-32(44)40(51-43)48-35-12-6-7-14-38(35)59(2,3)57)52-23-19-28(20-24-52)45-21-8-4-5-9-22-46-33-13-10-11-30-31(33)27-53(42(30)56)36-17-18-39(54)50-41(36)55/h6-7,10-16,25-26,28,36,45-46H,4-5,8-9,17-24,27H2,1-3H3,(H,50,54,55)(H2,47,48,49,51). The molecule has 14 nitrogen and oxygen atoms in total. The lowest BCUT2D eigenvalue weighted by Crippen LogP contribution is -2.52. The van der Waals surface area contributed by atoms with Gasteiger partial charge in [0.05, 0.1) is 24.7 Å². The number of hydrogen-bond acceptors (Lipinski definition) is 12. The largest absolute Gasteiger partial charge is 0.494 e. The Kier molecular flexibility index (Phi) is 13.4. The van der Waals surface area contributed by atoms with Crippen LogP contribution in [0, 0.1) is 0 Å². The molecule has 0 spiro atoms. The lowest BCUT2D eigenvalue weighted by atomic mass is 10.0. The average molecular weight is 842 g/mol. The third kappa shape index (κ3) is 10.2. The number of unbranched alkanes of at least 4 members (excludes halogenated alkanes) is 3. The van der Waals surface area contributed by atoms with E-state index in [2.05, 4.69) is 47.5 Å². The van der Waals surface area contributed by atoms with Gasteiger partial charge in [0.1, 0.15) is 24.0 Å². The van der Waals surface area contributed by atoms with E-state index in [1.54, 1.807) is 25.3 Å². The summed E-state index contributed by atoms with van der Waals surface area (Å²) in [6.45, 7) is 7.52. The molecular weight excluding hydrogens is 789 g/mol. The lowest BCUT2D eigenvalue weighted by molar-refractivity contribution is -0.136. The van der Waals surface area contributed by atoms with Gasteiger partial charge < -0.3 is 40.4 Å². The van der Waals surface area contributed by atoms with Gasteiger partial charge >= 0.3 is 0 Å². The number of imide groups is 1. The Balaban J connectivity index is 0.815. The average Bonchev–Trinajstić information content (AvgIpc) is 3.56. The number of ether oxygens (including phenoxy) is 1. The number of anilines is 6. The molecule has 3 aromatic carbocycles. The molecule has 4 heterocycles. The number of aromatic nitrogens is 2. The van der Waals surface area contributed by atoms with Crippen molar-refractivity contribution in [1.82, 2.24) is 25.5 Å². The molecule has 3 aliphatic heterocycles. The number of hydrogen-bond donors (Lipinski definition) is 5. The van der Waals surface area contributed by atoms with Crippen molar-refractivity contribution in [2.45, 2.75) is 70.0 Å². The van der Waals surface area contributed by atoms with Crippen molar-refractivity contribution in [2.75, 3.05) is 67.5 Å². The number of halogens is 1. The highest BCUT2D eigenvalue weighted by atomic mass is 35.5. The van der Waals surface area contributed by atoms with Gasteiger partial charge in [-0.3, -0.25) is 19.7 Å². The maximum Gasteiger partial charge on any atom is 0.255 e. The zero-order valence-corrected chi connectivity index (χ0v) is 35.5. The first-order valence-corrected chi connectivity index (χ1v) is 23.3. The van der Waals surface area contributed by atoms with E-state index in [4.69, 9.17) is 16.3 Å². The first kappa shape index (κ1) is 42.0. The predicted molar refractivity (Wildman–Crippen MR) is 235 cm³/mol.